The smallest absolute Gasteiger partial charge is 0.410 e. The van der Waals surface area contributed by atoms with Gasteiger partial charge in [-0.2, -0.15) is 0 Å². The molecule has 1 fully saturated rings. The third-order valence-corrected chi connectivity index (χ3v) is 4.91. The minimum atomic E-state index is -0.213. The number of ether oxygens (including phenoxy) is 1. The number of carbonyl (C=O) groups is 1. The molecule has 1 aromatic heterocycles. The standard InChI is InChI=1S/C20H20N2O2/c23-20(24-14-15-5-2-1-3-6-15)22-10-8-16-11-18(12-19(16)22)17-7-4-9-21-13-17/h1-7,9,12-13,16,19H,8,10-11,14H2. The van der Waals surface area contributed by atoms with Gasteiger partial charge in [0.1, 0.15) is 6.61 Å². The van der Waals surface area contributed by atoms with Gasteiger partial charge in [-0.25, -0.2) is 4.79 Å². The molecular weight excluding hydrogens is 300 g/mol. The number of carbonyl (C=O) groups excluding carboxylic acids is 1. The fraction of sp³-hybridized carbons (Fsp3) is 0.300. The van der Waals surface area contributed by atoms with E-state index < -0.39 is 0 Å². The normalized spacial score (nSPS) is 22.2. The molecule has 4 nitrogen and oxygen atoms in total. The van der Waals surface area contributed by atoms with Gasteiger partial charge >= 0.3 is 6.09 Å². The molecule has 4 rings (SSSR count). The number of nitrogens with zero attached hydrogens (tertiary/aromatic N) is 2. The monoisotopic (exact) mass is 320 g/mol. The second-order valence-electron chi connectivity index (χ2n) is 6.41. The maximum absolute atomic E-state index is 12.5. The number of hydrogen-bond acceptors (Lipinski definition) is 3. The van der Waals surface area contributed by atoms with E-state index in [2.05, 4.69) is 17.1 Å². The van der Waals surface area contributed by atoms with E-state index in [0.717, 1.165) is 30.5 Å². The van der Waals surface area contributed by atoms with Crippen LogP contribution in [0.3, 0.4) is 0 Å². The summed E-state index contributed by atoms with van der Waals surface area (Å²) in [4.78, 5) is 18.5. The fourth-order valence-electron chi connectivity index (χ4n) is 3.67. The van der Waals surface area contributed by atoms with Crippen molar-refractivity contribution in [3.8, 4) is 0 Å². The molecule has 2 unspecified atom stereocenters. The van der Waals surface area contributed by atoms with E-state index >= 15 is 0 Å². The summed E-state index contributed by atoms with van der Waals surface area (Å²) in [7, 11) is 0. The Bertz CT molecular complexity index is 743. The van der Waals surface area contributed by atoms with Gasteiger partial charge in [-0.05, 0) is 41.5 Å². The largest absolute Gasteiger partial charge is 0.445 e. The Kier molecular flexibility index (Phi) is 4.03. The van der Waals surface area contributed by atoms with E-state index in [1.54, 1.807) is 6.20 Å². The molecule has 4 heteroatoms. The first-order chi connectivity index (χ1) is 11.8. The fourth-order valence-corrected chi connectivity index (χ4v) is 3.67. The van der Waals surface area contributed by atoms with E-state index in [0.29, 0.717) is 12.5 Å². The van der Waals surface area contributed by atoms with Crippen LogP contribution in [0.1, 0.15) is 24.0 Å². The van der Waals surface area contributed by atoms with Crippen LogP contribution in [0.15, 0.2) is 60.9 Å². The lowest BCUT2D eigenvalue weighted by atomic mass is 10.00. The number of aromatic nitrogens is 1. The van der Waals surface area contributed by atoms with Crippen molar-refractivity contribution < 1.29 is 9.53 Å². The van der Waals surface area contributed by atoms with Gasteiger partial charge in [-0.1, -0.05) is 42.5 Å². The van der Waals surface area contributed by atoms with Crippen LogP contribution in [0, 0.1) is 5.92 Å². The van der Waals surface area contributed by atoms with Gasteiger partial charge in [-0.3, -0.25) is 4.98 Å². The summed E-state index contributed by atoms with van der Waals surface area (Å²) in [6, 6.07) is 14.0. The van der Waals surface area contributed by atoms with Crippen LogP contribution in [0.25, 0.3) is 5.57 Å². The Labute approximate surface area is 141 Å². The van der Waals surface area contributed by atoms with E-state index in [1.165, 1.54) is 5.57 Å². The van der Waals surface area contributed by atoms with Crippen molar-refractivity contribution in [1.29, 1.82) is 0 Å². The maximum Gasteiger partial charge on any atom is 0.410 e. The van der Waals surface area contributed by atoms with Crippen molar-refractivity contribution in [1.82, 2.24) is 9.88 Å². The third-order valence-electron chi connectivity index (χ3n) is 4.91. The lowest BCUT2D eigenvalue weighted by Crippen LogP contribution is -2.35. The number of rotatable bonds is 3. The van der Waals surface area contributed by atoms with Crippen molar-refractivity contribution >= 4 is 11.7 Å². The van der Waals surface area contributed by atoms with E-state index in [1.807, 2.05) is 47.5 Å². The number of pyridine rings is 1. The zero-order valence-corrected chi connectivity index (χ0v) is 13.5. The molecule has 2 aliphatic rings. The van der Waals surface area contributed by atoms with Crippen LogP contribution in [-0.2, 0) is 11.3 Å². The van der Waals surface area contributed by atoms with Gasteiger partial charge in [-0.15, -0.1) is 0 Å². The Morgan fingerprint density at radius 1 is 1.21 bits per heavy atom. The van der Waals surface area contributed by atoms with E-state index in [-0.39, 0.29) is 12.1 Å². The predicted octanol–water partition coefficient (Wildman–Crippen LogP) is 3.90. The van der Waals surface area contributed by atoms with Gasteiger partial charge in [0.25, 0.3) is 0 Å². The highest BCUT2D eigenvalue weighted by Crippen LogP contribution is 2.40. The van der Waals surface area contributed by atoms with Crippen molar-refractivity contribution in [2.45, 2.75) is 25.5 Å². The van der Waals surface area contributed by atoms with Crippen molar-refractivity contribution in [2.24, 2.45) is 5.92 Å². The highest BCUT2D eigenvalue weighted by atomic mass is 16.6. The zero-order chi connectivity index (χ0) is 16.4. The average molecular weight is 320 g/mol. The van der Waals surface area contributed by atoms with Crippen LogP contribution >= 0.6 is 0 Å². The lowest BCUT2D eigenvalue weighted by molar-refractivity contribution is 0.0958. The molecule has 1 aromatic carbocycles. The Morgan fingerprint density at radius 2 is 2.08 bits per heavy atom. The van der Waals surface area contributed by atoms with E-state index in [4.69, 9.17) is 4.74 Å². The van der Waals surface area contributed by atoms with Crippen LogP contribution in [0.2, 0.25) is 0 Å². The van der Waals surface area contributed by atoms with Crippen LogP contribution < -0.4 is 0 Å². The van der Waals surface area contributed by atoms with Gasteiger partial charge < -0.3 is 9.64 Å². The molecule has 0 N–H and O–H groups in total. The molecule has 0 spiro atoms. The van der Waals surface area contributed by atoms with Crippen LogP contribution in [0.4, 0.5) is 4.79 Å². The first kappa shape index (κ1) is 14.9. The molecule has 1 saturated heterocycles. The first-order valence-corrected chi connectivity index (χ1v) is 8.40. The number of fused-ring (bicyclic) bond motifs is 1. The van der Waals surface area contributed by atoms with Gasteiger partial charge in [0.15, 0.2) is 0 Å². The molecule has 24 heavy (non-hydrogen) atoms. The summed E-state index contributed by atoms with van der Waals surface area (Å²) in [6.45, 7) is 1.10. The number of amides is 1. The van der Waals surface area contributed by atoms with Gasteiger partial charge in [0, 0.05) is 18.9 Å². The number of hydrogen-bond donors (Lipinski definition) is 0. The third kappa shape index (κ3) is 2.92. The highest BCUT2D eigenvalue weighted by molar-refractivity contribution is 5.73. The molecule has 0 saturated carbocycles. The average Bonchev–Trinajstić information content (AvgIpc) is 3.22. The second-order valence-corrected chi connectivity index (χ2v) is 6.41. The molecular formula is C20H20N2O2. The topological polar surface area (TPSA) is 42.4 Å². The molecule has 0 radical (unpaired) electrons. The molecule has 2 aromatic rings. The summed E-state index contributed by atoms with van der Waals surface area (Å²) in [6.07, 6.45) is 7.73. The quantitative estimate of drug-likeness (QED) is 0.861. The Balaban J connectivity index is 1.43. The summed E-state index contributed by atoms with van der Waals surface area (Å²) in [5.41, 5.74) is 3.46. The maximum atomic E-state index is 12.5. The summed E-state index contributed by atoms with van der Waals surface area (Å²) < 4.78 is 5.51. The summed E-state index contributed by atoms with van der Waals surface area (Å²) >= 11 is 0. The van der Waals surface area contributed by atoms with E-state index in [9.17, 15) is 4.79 Å². The predicted molar refractivity (Wildman–Crippen MR) is 92.1 cm³/mol. The molecule has 2 atom stereocenters. The summed E-state index contributed by atoms with van der Waals surface area (Å²) in [5, 5.41) is 0. The van der Waals surface area contributed by atoms with Crippen LogP contribution in [0.5, 0.6) is 0 Å². The van der Waals surface area contributed by atoms with Gasteiger partial charge in [0.2, 0.25) is 0 Å². The SMILES string of the molecule is O=C(OCc1ccccc1)N1CCC2CC(c3cccnc3)=CC21. The van der Waals surface area contributed by atoms with Crippen molar-refractivity contribution in [2.75, 3.05) is 6.54 Å². The van der Waals surface area contributed by atoms with Crippen molar-refractivity contribution in [3.05, 3.63) is 72.1 Å². The molecule has 0 bridgehead atoms. The molecule has 2 heterocycles. The zero-order valence-electron chi connectivity index (χ0n) is 13.5. The first-order valence-electron chi connectivity index (χ1n) is 8.40. The second kappa shape index (κ2) is 6.48. The number of benzene rings is 1. The van der Waals surface area contributed by atoms with Crippen molar-refractivity contribution in [3.63, 3.8) is 0 Å². The minimum absolute atomic E-state index is 0.156. The van der Waals surface area contributed by atoms with Gasteiger partial charge in [0.05, 0.1) is 6.04 Å². The highest BCUT2D eigenvalue weighted by Gasteiger charge is 2.40. The van der Waals surface area contributed by atoms with Crippen LogP contribution in [-0.4, -0.2) is 28.6 Å². The number of allylic oxidation sites excluding steroid dienone is 1. The molecule has 1 aliphatic heterocycles. The minimum Gasteiger partial charge on any atom is -0.445 e. The molecule has 122 valence electrons. The summed E-state index contributed by atoms with van der Waals surface area (Å²) in [5.74, 6) is 0.504. The number of likely N-dealkylation sites (tertiary alicyclic amines) is 1. The lowest BCUT2D eigenvalue weighted by Gasteiger charge is -2.22. The Morgan fingerprint density at radius 3 is 2.88 bits per heavy atom. The molecule has 1 amide bonds. The molecule has 1 aliphatic carbocycles. The Hall–Kier alpha value is -2.62.